The first-order valence-corrected chi connectivity index (χ1v) is 11.9. The van der Waals surface area contributed by atoms with Crippen molar-refractivity contribution in [2.45, 2.75) is 43.4 Å². The number of aromatic amines is 2. The van der Waals surface area contributed by atoms with Crippen LogP contribution in [0, 0.1) is 0 Å². The van der Waals surface area contributed by atoms with E-state index in [1.54, 1.807) is 12.3 Å². The normalized spacial score (nSPS) is 14.1. The van der Waals surface area contributed by atoms with Crippen LogP contribution in [0.4, 0.5) is 0 Å². The van der Waals surface area contributed by atoms with Crippen LogP contribution in [0.3, 0.4) is 0 Å². The van der Waals surface area contributed by atoms with Gasteiger partial charge in [-0.05, 0) is 11.6 Å². The standard InChI is InChI=1S/C24H30N8O7/c25-15(7-20(26)34)21(35)30-18(6-13-9-27-11-29-13)23(37)31-17(22(36)32-19(10-33)24(38)39)5-12-8-28-16-4-2-1-3-14(12)16/h1-4,8-9,11,15,17-19,28,33H,5-7,10,25H2,(H2,26,34)(H,27,29)(H,30,35)(H,31,37)(H,32,36)(H,38,39). The minimum Gasteiger partial charge on any atom is -0.480 e. The molecule has 0 aliphatic rings. The SMILES string of the molecule is NC(=O)CC(N)C(=O)NC(Cc1cnc[nH]1)C(=O)NC(Cc1c[nH]c2ccccc12)C(=O)NC(CO)C(=O)O. The van der Waals surface area contributed by atoms with Crippen molar-refractivity contribution >= 4 is 40.5 Å². The van der Waals surface area contributed by atoms with Crippen LogP contribution < -0.4 is 27.4 Å². The van der Waals surface area contributed by atoms with E-state index < -0.39 is 66.8 Å². The highest BCUT2D eigenvalue weighted by molar-refractivity contribution is 5.95. The Morgan fingerprint density at radius 3 is 2.18 bits per heavy atom. The maximum atomic E-state index is 13.4. The third-order valence-electron chi connectivity index (χ3n) is 5.90. The Kier molecular flexibility index (Phi) is 9.72. The highest BCUT2D eigenvalue weighted by atomic mass is 16.4. The Morgan fingerprint density at radius 2 is 1.56 bits per heavy atom. The van der Waals surface area contributed by atoms with Crippen molar-refractivity contribution in [3.05, 3.63) is 54.2 Å². The molecular formula is C24H30N8O7. The first-order valence-electron chi connectivity index (χ1n) is 11.9. The summed E-state index contributed by atoms with van der Waals surface area (Å²) in [6.07, 6.45) is 3.89. The summed E-state index contributed by atoms with van der Waals surface area (Å²) >= 11 is 0. The lowest BCUT2D eigenvalue weighted by molar-refractivity contribution is -0.143. The van der Waals surface area contributed by atoms with Gasteiger partial charge in [0.05, 0.1) is 25.4 Å². The highest BCUT2D eigenvalue weighted by Gasteiger charge is 2.31. The number of H-pyrrole nitrogens is 2. The molecule has 0 bridgehead atoms. The first kappa shape index (κ1) is 28.8. The summed E-state index contributed by atoms with van der Waals surface area (Å²) in [4.78, 5) is 71.4. The number of rotatable bonds is 14. The summed E-state index contributed by atoms with van der Waals surface area (Å²) in [5.41, 5.74) is 12.7. The third-order valence-corrected chi connectivity index (χ3v) is 5.90. The van der Waals surface area contributed by atoms with Crippen LogP contribution in [0.2, 0.25) is 0 Å². The van der Waals surface area contributed by atoms with E-state index in [1.807, 2.05) is 18.2 Å². The van der Waals surface area contributed by atoms with Crippen molar-refractivity contribution in [2.24, 2.45) is 11.5 Å². The number of nitrogens with one attached hydrogen (secondary N) is 5. The second-order valence-electron chi connectivity index (χ2n) is 8.83. The molecule has 0 aliphatic heterocycles. The second kappa shape index (κ2) is 13.2. The van der Waals surface area contributed by atoms with E-state index in [4.69, 9.17) is 11.5 Å². The number of carboxylic acids is 1. The third kappa shape index (κ3) is 7.86. The largest absolute Gasteiger partial charge is 0.480 e. The first-order chi connectivity index (χ1) is 18.6. The number of para-hydroxylation sites is 1. The van der Waals surface area contributed by atoms with Crippen LogP contribution in [-0.2, 0) is 36.8 Å². The lowest BCUT2D eigenvalue weighted by atomic mass is 10.0. The summed E-state index contributed by atoms with van der Waals surface area (Å²) < 4.78 is 0. The Labute approximate surface area is 221 Å². The molecule has 0 fully saturated rings. The van der Waals surface area contributed by atoms with E-state index >= 15 is 0 Å². The number of aliphatic hydroxyl groups is 1. The van der Waals surface area contributed by atoms with Gasteiger partial charge >= 0.3 is 5.97 Å². The number of aliphatic hydroxyl groups excluding tert-OH is 1. The van der Waals surface area contributed by atoms with Crippen LogP contribution in [0.25, 0.3) is 10.9 Å². The minimum atomic E-state index is -1.60. The van der Waals surface area contributed by atoms with E-state index in [-0.39, 0.29) is 12.8 Å². The van der Waals surface area contributed by atoms with Crippen molar-refractivity contribution in [1.82, 2.24) is 30.9 Å². The number of aliphatic carboxylic acids is 1. The monoisotopic (exact) mass is 542 g/mol. The zero-order chi connectivity index (χ0) is 28.5. The van der Waals surface area contributed by atoms with E-state index in [0.29, 0.717) is 11.3 Å². The molecule has 4 unspecified atom stereocenters. The lowest BCUT2D eigenvalue weighted by Crippen LogP contribution is -2.58. The van der Waals surface area contributed by atoms with Gasteiger partial charge in [0.25, 0.3) is 0 Å². The number of nitrogens with two attached hydrogens (primary N) is 2. The summed E-state index contributed by atoms with van der Waals surface area (Å²) in [5.74, 6) is -4.75. The van der Waals surface area contributed by atoms with Crippen LogP contribution in [0.15, 0.2) is 43.0 Å². The minimum absolute atomic E-state index is 0.0503. The number of carboxylic acid groups (broad SMARTS) is 1. The molecule has 0 radical (unpaired) electrons. The van der Waals surface area contributed by atoms with Gasteiger partial charge in [0, 0.05) is 41.8 Å². The van der Waals surface area contributed by atoms with Crippen LogP contribution >= 0.6 is 0 Å². The number of fused-ring (bicyclic) bond motifs is 1. The Bertz CT molecular complexity index is 1320. The number of aromatic nitrogens is 3. The summed E-state index contributed by atoms with van der Waals surface area (Å²) in [5, 5.41) is 26.6. The molecule has 4 amide bonds. The molecule has 0 saturated carbocycles. The molecule has 1 aromatic carbocycles. The number of imidazole rings is 1. The number of hydrogen-bond donors (Lipinski definition) is 9. The maximum Gasteiger partial charge on any atom is 0.328 e. The van der Waals surface area contributed by atoms with Crippen molar-refractivity contribution in [1.29, 1.82) is 0 Å². The Hall–Kier alpha value is -4.76. The van der Waals surface area contributed by atoms with Gasteiger partial charge in [-0.3, -0.25) is 19.2 Å². The number of primary amides is 1. The van der Waals surface area contributed by atoms with E-state index in [0.717, 1.165) is 10.9 Å². The summed E-state index contributed by atoms with van der Waals surface area (Å²) in [6, 6.07) is 1.77. The van der Waals surface area contributed by atoms with Gasteiger partial charge in [-0.15, -0.1) is 0 Å². The van der Waals surface area contributed by atoms with E-state index in [1.165, 1.54) is 12.5 Å². The van der Waals surface area contributed by atoms with Crippen molar-refractivity contribution < 1.29 is 34.2 Å². The van der Waals surface area contributed by atoms with Gasteiger partial charge in [-0.2, -0.15) is 0 Å². The fourth-order valence-electron chi connectivity index (χ4n) is 3.87. The highest BCUT2D eigenvalue weighted by Crippen LogP contribution is 2.19. The predicted molar refractivity (Wildman–Crippen MR) is 137 cm³/mol. The number of amides is 4. The van der Waals surface area contributed by atoms with E-state index in [9.17, 15) is 34.2 Å². The van der Waals surface area contributed by atoms with Crippen molar-refractivity contribution in [3.8, 4) is 0 Å². The topological polar surface area (TPSA) is 258 Å². The predicted octanol–water partition coefficient (Wildman–Crippen LogP) is -2.59. The molecule has 15 nitrogen and oxygen atoms in total. The number of carbonyl (C=O) groups is 5. The summed E-state index contributed by atoms with van der Waals surface area (Å²) in [6.45, 7) is -0.870. The average molecular weight is 543 g/mol. The smallest absolute Gasteiger partial charge is 0.328 e. The molecule has 2 aromatic heterocycles. The van der Waals surface area contributed by atoms with Gasteiger partial charge in [0.1, 0.15) is 18.1 Å². The molecule has 2 heterocycles. The lowest BCUT2D eigenvalue weighted by Gasteiger charge is -2.24. The van der Waals surface area contributed by atoms with Crippen LogP contribution in [0.5, 0.6) is 0 Å². The van der Waals surface area contributed by atoms with Gasteiger partial charge in [0.15, 0.2) is 0 Å². The molecule has 0 aliphatic carbocycles. The molecule has 11 N–H and O–H groups in total. The quantitative estimate of drug-likeness (QED) is 0.103. The van der Waals surface area contributed by atoms with Crippen molar-refractivity contribution in [2.75, 3.05) is 6.61 Å². The molecule has 208 valence electrons. The zero-order valence-corrected chi connectivity index (χ0v) is 20.7. The zero-order valence-electron chi connectivity index (χ0n) is 20.7. The second-order valence-corrected chi connectivity index (χ2v) is 8.83. The van der Waals surface area contributed by atoms with Gasteiger partial charge in [-0.25, -0.2) is 9.78 Å². The van der Waals surface area contributed by atoms with Gasteiger partial charge < -0.3 is 47.6 Å². The number of benzene rings is 1. The van der Waals surface area contributed by atoms with Crippen LogP contribution in [-0.4, -0.2) is 85.5 Å². The van der Waals surface area contributed by atoms with Crippen molar-refractivity contribution in [3.63, 3.8) is 0 Å². The number of nitrogens with zero attached hydrogens (tertiary/aromatic N) is 1. The Morgan fingerprint density at radius 1 is 0.923 bits per heavy atom. The molecule has 0 spiro atoms. The Balaban J connectivity index is 1.86. The molecule has 0 saturated heterocycles. The molecule has 3 rings (SSSR count). The fraction of sp³-hybridized carbons (Fsp3) is 0.333. The molecule has 15 heteroatoms. The number of carbonyl (C=O) groups excluding carboxylic acids is 4. The summed E-state index contributed by atoms with van der Waals surface area (Å²) in [7, 11) is 0. The number of hydrogen-bond acceptors (Lipinski definition) is 8. The van der Waals surface area contributed by atoms with Gasteiger partial charge in [0.2, 0.25) is 23.6 Å². The van der Waals surface area contributed by atoms with Gasteiger partial charge in [-0.1, -0.05) is 18.2 Å². The van der Waals surface area contributed by atoms with Crippen LogP contribution in [0.1, 0.15) is 17.7 Å². The molecule has 39 heavy (non-hydrogen) atoms. The molecule has 3 aromatic rings. The fourth-order valence-corrected chi connectivity index (χ4v) is 3.87. The molecule has 4 atom stereocenters. The maximum absolute atomic E-state index is 13.4. The molecular weight excluding hydrogens is 512 g/mol. The van der Waals surface area contributed by atoms with E-state index in [2.05, 4.69) is 30.9 Å². The average Bonchev–Trinajstić information content (AvgIpc) is 3.55.